The van der Waals surface area contributed by atoms with Crippen LogP contribution in [0.1, 0.15) is 11.1 Å². The number of nitrogens with one attached hydrogen (secondary N) is 2. The van der Waals surface area contributed by atoms with Crippen molar-refractivity contribution in [3.05, 3.63) is 71.8 Å². The Morgan fingerprint density at radius 2 is 1.04 bits per heavy atom. The van der Waals surface area contributed by atoms with Crippen molar-refractivity contribution >= 4 is 35.3 Å². The average Bonchev–Trinajstić information content (AvgIpc) is 2.67. The normalized spacial score (nSPS) is 10.3. The van der Waals surface area contributed by atoms with Crippen LogP contribution in [-0.4, -0.2) is 36.4 Å². The van der Waals surface area contributed by atoms with E-state index in [0.717, 1.165) is 11.5 Å². The lowest BCUT2D eigenvalue weighted by molar-refractivity contribution is -0.120. The fourth-order valence-corrected chi connectivity index (χ4v) is 3.81. The molecule has 0 unspecified atom stereocenters. The van der Waals surface area contributed by atoms with Gasteiger partial charge in [0.05, 0.1) is 11.5 Å². The van der Waals surface area contributed by atoms with Crippen molar-refractivity contribution in [2.24, 2.45) is 0 Å². The maximum Gasteiger partial charge on any atom is 0.230 e. The van der Waals surface area contributed by atoms with Gasteiger partial charge in [0.2, 0.25) is 11.8 Å². The Morgan fingerprint density at radius 1 is 0.654 bits per heavy atom. The van der Waals surface area contributed by atoms with Gasteiger partial charge < -0.3 is 10.6 Å². The van der Waals surface area contributed by atoms with Gasteiger partial charge in [-0.05, 0) is 11.1 Å². The van der Waals surface area contributed by atoms with E-state index in [1.54, 1.807) is 23.5 Å². The van der Waals surface area contributed by atoms with E-state index in [9.17, 15) is 9.59 Å². The third-order valence-corrected chi connectivity index (χ3v) is 5.47. The Balaban J connectivity index is 1.46. The van der Waals surface area contributed by atoms with Crippen molar-refractivity contribution < 1.29 is 9.59 Å². The van der Waals surface area contributed by atoms with Crippen LogP contribution < -0.4 is 10.6 Å². The van der Waals surface area contributed by atoms with Crippen LogP contribution >= 0.6 is 23.5 Å². The minimum atomic E-state index is -0.00127. The molecule has 0 saturated carbocycles. The molecule has 0 aliphatic carbocycles. The van der Waals surface area contributed by atoms with Crippen molar-refractivity contribution in [3.8, 4) is 0 Å². The molecule has 2 rings (SSSR count). The second kappa shape index (κ2) is 12.4. The third kappa shape index (κ3) is 8.97. The van der Waals surface area contributed by atoms with Crippen LogP contribution in [0, 0.1) is 0 Å². The number of amides is 2. The number of hydrogen-bond acceptors (Lipinski definition) is 4. The number of rotatable bonds is 11. The zero-order chi connectivity index (χ0) is 18.5. The van der Waals surface area contributed by atoms with Gasteiger partial charge in [-0.1, -0.05) is 60.7 Å². The lowest BCUT2D eigenvalue weighted by Gasteiger charge is -2.07. The summed E-state index contributed by atoms with van der Waals surface area (Å²) in [4.78, 5) is 23.5. The van der Waals surface area contributed by atoms with E-state index in [-0.39, 0.29) is 11.8 Å². The summed E-state index contributed by atoms with van der Waals surface area (Å²) in [6, 6.07) is 20.2. The van der Waals surface area contributed by atoms with Gasteiger partial charge in [-0.15, -0.1) is 23.5 Å². The molecule has 0 spiro atoms. The monoisotopic (exact) mass is 388 g/mol. The van der Waals surface area contributed by atoms with Gasteiger partial charge in [-0.3, -0.25) is 9.59 Å². The molecule has 2 N–H and O–H groups in total. The van der Waals surface area contributed by atoms with Gasteiger partial charge in [-0.25, -0.2) is 0 Å². The predicted octanol–water partition coefficient (Wildman–Crippen LogP) is 3.09. The number of benzene rings is 2. The van der Waals surface area contributed by atoms with Gasteiger partial charge in [0.1, 0.15) is 0 Å². The lowest BCUT2D eigenvalue weighted by Crippen LogP contribution is -2.36. The second-order valence-electron chi connectivity index (χ2n) is 5.66. The summed E-state index contributed by atoms with van der Waals surface area (Å²) < 4.78 is 0. The number of hydrogen-bond donors (Lipinski definition) is 2. The molecular weight excluding hydrogens is 364 g/mol. The van der Waals surface area contributed by atoms with E-state index in [1.165, 1.54) is 11.1 Å². The minimum Gasteiger partial charge on any atom is -0.354 e. The van der Waals surface area contributed by atoms with Crippen LogP contribution in [0.4, 0.5) is 0 Å². The Kier molecular flexibility index (Phi) is 9.75. The summed E-state index contributed by atoms with van der Waals surface area (Å²) in [5.74, 6) is 2.50. The van der Waals surface area contributed by atoms with E-state index < -0.39 is 0 Å². The molecule has 0 atom stereocenters. The second-order valence-corrected chi connectivity index (χ2v) is 7.63. The Hall–Kier alpha value is -1.92. The van der Waals surface area contributed by atoms with Crippen molar-refractivity contribution in [3.63, 3.8) is 0 Å². The molecular formula is C20H24N2O2S2. The van der Waals surface area contributed by atoms with E-state index in [4.69, 9.17) is 0 Å². The highest BCUT2D eigenvalue weighted by Gasteiger charge is 2.04. The molecule has 2 aromatic carbocycles. The summed E-state index contributed by atoms with van der Waals surface area (Å²) >= 11 is 3.17. The summed E-state index contributed by atoms with van der Waals surface area (Å²) in [6.45, 7) is 0.916. The quantitative estimate of drug-likeness (QED) is 0.581. The first-order valence-electron chi connectivity index (χ1n) is 8.51. The fraction of sp³-hybridized carbons (Fsp3) is 0.300. The lowest BCUT2D eigenvalue weighted by atomic mass is 10.2. The van der Waals surface area contributed by atoms with E-state index >= 15 is 0 Å². The van der Waals surface area contributed by atoms with Crippen LogP contribution in [0.3, 0.4) is 0 Å². The molecule has 0 heterocycles. The molecule has 138 valence electrons. The highest BCUT2D eigenvalue weighted by atomic mass is 32.2. The molecule has 2 amide bonds. The van der Waals surface area contributed by atoms with Crippen LogP contribution in [0.15, 0.2) is 60.7 Å². The number of thioether (sulfide) groups is 2. The van der Waals surface area contributed by atoms with Crippen molar-refractivity contribution in [2.45, 2.75) is 11.5 Å². The number of carbonyl (C=O) groups is 2. The first-order valence-corrected chi connectivity index (χ1v) is 10.8. The molecule has 26 heavy (non-hydrogen) atoms. The van der Waals surface area contributed by atoms with Gasteiger partial charge in [0.25, 0.3) is 0 Å². The first kappa shape index (κ1) is 20.4. The third-order valence-electron chi connectivity index (χ3n) is 3.46. The van der Waals surface area contributed by atoms with Crippen LogP contribution in [0.5, 0.6) is 0 Å². The van der Waals surface area contributed by atoms with Gasteiger partial charge in [0, 0.05) is 24.6 Å². The highest BCUT2D eigenvalue weighted by molar-refractivity contribution is 7.99. The predicted molar refractivity (Wildman–Crippen MR) is 111 cm³/mol. The van der Waals surface area contributed by atoms with Crippen molar-refractivity contribution in [2.75, 3.05) is 24.6 Å². The summed E-state index contributed by atoms with van der Waals surface area (Å²) in [6.07, 6.45) is 0. The van der Waals surface area contributed by atoms with Crippen LogP contribution in [-0.2, 0) is 21.1 Å². The molecule has 0 radical (unpaired) electrons. The molecule has 0 aromatic heterocycles. The highest BCUT2D eigenvalue weighted by Crippen LogP contribution is 2.11. The largest absolute Gasteiger partial charge is 0.354 e. The standard InChI is InChI=1S/C20H24N2O2S2/c23-19(15-25-13-17-7-3-1-4-8-17)21-11-12-22-20(24)16-26-14-18-9-5-2-6-10-18/h1-10H,11-16H2,(H,21,23)(H,22,24). The Labute approximate surface area is 163 Å². The smallest absolute Gasteiger partial charge is 0.230 e. The van der Waals surface area contributed by atoms with E-state index in [0.29, 0.717) is 24.6 Å². The summed E-state index contributed by atoms with van der Waals surface area (Å²) in [5, 5.41) is 5.65. The van der Waals surface area contributed by atoms with Crippen molar-refractivity contribution in [1.29, 1.82) is 0 Å². The zero-order valence-corrected chi connectivity index (χ0v) is 16.3. The fourth-order valence-electron chi connectivity index (χ4n) is 2.18. The van der Waals surface area contributed by atoms with E-state index in [2.05, 4.69) is 34.9 Å². The van der Waals surface area contributed by atoms with Gasteiger partial charge in [0.15, 0.2) is 0 Å². The topological polar surface area (TPSA) is 58.2 Å². The summed E-state index contributed by atoms with van der Waals surface area (Å²) in [5.41, 5.74) is 2.43. The maximum absolute atomic E-state index is 11.8. The summed E-state index contributed by atoms with van der Waals surface area (Å²) in [7, 11) is 0. The Bertz CT molecular complexity index is 607. The average molecular weight is 389 g/mol. The molecule has 0 bridgehead atoms. The first-order chi connectivity index (χ1) is 12.7. The molecule has 0 fully saturated rings. The Morgan fingerprint density at radius 3 is 1.42 bits per heavy atom. The maximum atomic E-state index is 11.8. The molecule has 4 nitrogen and oxygen atoms in total. The van der Waals surface area contributed by atoms with Gasteiger partial charge in [-0.2, -0.15) is 0 Å². The van der Waals surface area contributed by atoms with Crippen LogP contribution in [0.25, 0.3) is 0 Å². The molecule has 0 aliphatic rings. The molecule has 2 aromatic rings. The molecule has 0 aliphatic heterocycles. The number of carbonyl (C=O) groups excluding carboxylic acids is 2. The van der Waals surface area contributed by atoms with Crippen molar-refractivity contribution in [1.82, 2.24) is 10.6 Å². The zero-order valence-electron chi connectivity index (χ0n) is 14.6. The SMILES string of the molecule is O=C(CSCc1ccccc1)NCCNC(=O)CSCc1ccccc1. The van der Waals surface area contributed by atoms with Crippen LogP contribution in [0.2, 0.25) is 0 Å². The molecule has 6 heteroatoms. The molecule has 0 saturated heterocycles. The van der Waals surface area contributed by atoms with Gasteiger partial charge >= 0.3 is 0 Å². The van der Waals surface area contributed by atoms with E-state index in [1.807, 2.05) is 36.4 Å². The minimum absolute atomic E-state index is 0.00127.